The molecule has 2 aromatic carbocycles. The van der Waals surface area contributed by atoms with Crippen LogP contribution in [0.1, 0.15) is 45.3 Å². The zero-order chi connectivity index (χ0) is 20.8. The van der Waals surface area contributed by atoms with E-state index >= 15 is 0 Å². The molecule has 0 bridgehead atoms. The SMILES string of the molecule is COc1ccc(C2CC(=O)Oc3ccc4c(c32)O/C(=C\c2ccc(C)o2)C4=O)cc1. The fraction of sp³-hybridized carbons (Fsp3) is 0.167. The van der Waals surface area contributed by atoms with Crippen molar-refractivity contribution < 1.29 is 28.2 Å². The van der Waals surface area contributed by atoms with Crippen molar-refractivity contribution in [2.24, 2.45) is 0 Å². The van der Waals surface area contributed by atoms with Crippen LogP contribution >= 0.6 is 0 Å². The van der Waals surface area contributed by atoms with E-state index in [1.165, 1.54) is 0 Å². The van der Waals surface area contributed by atoms with Crippen molar-refractivity contribution in [2.75, 3.05) is 7.11 Å². The monoisotopic (exact) mass is 402 g/mol. The van der Waals surface area contributed by atoms with Crippen molar-refractivity contribution in [2.45, 2.75) is 19.3 Å². The topological polar surface area (TPSA) is 75.0 Å². The van der Waals surface area contributed by atoms with Crippen molar-refractivity contribution in [3.05, 3.63) is 82.5 Å². The Hall–Kier alpha value is -3.80. The van der Waals surface area contributed by atoms with E-state index in [0.717, 1.165) is 17.1 Å². The highest BCUT2D eigenvalue weighted by Gasteiger charge is 2.38. The Morgan fingerprint density at radius 3 is 2.50 bits per heavy atom. The number of ketones is 1. The maximum absolute atomic E-state index is 12.9. The minimum Gasteiger partial charge on any atom is -0.497 e. The van der Waals surface area contributed by atoms with Crippen LogP contribution in [0.2, 0.25) is 0 Å². The summed E-state index contributed by atoms with van der Waals surface area (Å²) in [5, 5.41) is 0. The molecule has 0 saturated heterocycles. The molecule has 6 heteroatoms. The maximum atomic E-state index is 12.9. The third-order valence-electron chi connectivity index (χ3n) is 5.33. The molecule has 3 aromatic rings. The van der Waals surface area contributed by atoms with Crippen LogP contribution < -0.4 is 14.2 Å². The van der Waals surface area contributed by atoms with E-state index in [9.17, 15) is 9.59 Å². The van der Waals surface area contributed by atoms with E-state index in [0.29, 0.717) is 28.4 Å². The van der Waals surface area contributed by atoms with E-state index in [2.05, 4.69) is 0 Å². The molecule has 2 aliphatic rings. The lowest BCUT2D eigenvalue weighted by molar-refractivity contribution is -0.135. The normalized spacial score (nSPS) is 18.6. The number of hydrogen-bond donors (Lipinski definition) is 0. The number of hydrogen-bond acceptors (Lipinski definition) is 6. The summed E-state index contributed by atoms with van der Waals surface area (Å²) in [4.78, 5) is 25.2. The van der Waals surface area contributed by atoms with Crippen molar-refractivity contribution >= 4 is 17.8 Å². The number of carbonyl (C=O) groups is 2. The number of ether oxygens (including phenoxy) is 3. The molecule has 0 spiro atoms. The highest BCUT2D eigenvalue weighted by molar-refractivity contribution is 6.15. The third-order valence-corrected chi connectivity index (χ3v) is 5.33. The highest BCUT2D eigenvalue weighted by atomic mass is 16.5. The lowest BCUT2D eigenvalue weighted by Crippen LogP contribution is -2.21. The van der Waals surface area contributed by atoms with Gasteiger partial charge in [0, 0.05) is 17.6 Å². The Morgan fingerprint density at radius 2 is 1.80 bits per heavy atom. The lowest BCUT2D eigenvalue weighted by atomic mass is 9.84. The number of allylic oxidation sites excluding steroid dienone is 1. The first kappa shape index (κ1) is 18.2. The quantitative estimate of drug-likeness (QED) is 0.361. The van der Waals surface area contributed by atoms with Crippen LogP contribution in [0.3, 0.4) is 0 Å². The number of Topliss-reactive ketones (excluding diaryl/α,β-unsaturated/α-hetero) is 1. The summed E-state index contributed by atoms with van der Waals surface area (Å²) in [5.41, 5.74) is 2.06. The molecule has 0 aliphatic carbocycles. The van der Waals surface area contributed by atoms with E-state index in [1.54, 1.807) is 31.4 Å². The van der Waals surface area contributed by atoms with Gasteiger partial charge >= 0.3 is 5.97 Å². The van der Waals surface area contributed by atoms with Crippen LogP contribution in [0, 0.1) is 6.92 Å². The van der Waals surface area contributed by atoms with Gasteiger partial charge in [0.05, 0.1) is 19.1 Å². The van der Waals surface area contributed by atoms with Gasteiger partial charge in [0.15, 0.2) is 5.76 Å². The molecular formula is C24H18O6. The second kappa shape index (κ2) is 6.91. The molecule has 1 unspecified atom stereocenters. The van der Waals surface area contributed by atoms with E-state index in [1.807, 2.05) is 37.3 Å². The van der Waals surface area contributed by atoms with E-state index in [4.69, 9.17) is 18.6 Å². The summed E-state index contributed by atoms with van der Waals surface area (Å²) in [6.07, 6.45) is 1.74. The molecule has 0 fully saturated rings. The van der Waals surface area contributed by atoms with Crippen LogP contribution in [0.4, 0.5) is 0 Å². The minimum absolute atomic E-state index is 0.157. The van der Waals surface area contributed by atoms with Gasteiger partial charge < -0.3 is 18.6 Å². The zero-order valence-corrected chi connectivity index (χ0v) is 16.4. The largest absolute Gasteiger partial charge is 0.497 e. The summed E-state index contributed by atoms with van der Waals surface area (Å²) in [6.45, 7) is 1.83. The first-order chi connectivity index (χ1) is 14.5. The Kier molecular flexibility index (Phi) is 4.20. The number of furan rings is 1. The number of carbonyl (C=O) groups excluding carboxylic acids is 2. The molecule has 30 heavy (non-hydrogen) atoms. The predicted molar refractivity (Wildman–Crippen MR) is 108 cm³/mol. The molecule has 1 atom stereocenters. The van der Waals surface area contributed by atoms with Crippen molar-refractivity contribution in [1.29, 1.82) is 0 Å². The molecule has 150 valence electrons. The van der Waals surface area contributed by atoms with Crippen LogP contribution in [-0.2, 0) is 4.79 Å². The lowest BCUT2D eigenvalue weighted by Gasteiger charge is -2.26. The van der Waals surface area contributed by atoms with E-state index in [-0.39, 0.29) is 29.9 Å². The third kappa shape index (κ3) is 2.97. The van der Waals surface area contributed by atoms with Gasteiger partial charge in [0.2, 0.25) is 5.78 Å². The molecule has 5 rings (SSSR count). The molecule has 0 amide bonds. The van der Waals surface area contributed by atoms with Gasteiger partial charge in [-0.05, 0) is 48.9 Å². The first-order valence-corrected chi connectivity index (χ1v) is 9.55. The van der Waals surface area contributed by atoms with Crippen molar-refractivity contribution in [3.8, 4) is 17.2 Å². The number of benzene rings is 2. The van der Waals surface area contributed by atoms with Gasteiger partial charge in [0.25, 0.3) is 0 Å². The summed E-state index contributed by atoms with van der Waals surface area (Å²) in [7, 11) is 1.60. The smallest absolute Gasteiger partial charge is 0.312 e. The Labute approximate surface area is 172 Å². The second-order valence-corrected chi connectivity index (χ2v) is 7.25. The van der Waals surface area contributed by atoms with E-state index < -0.39 is 0 Å². The summed E-state index contributed by atoms with van der Waals surface area (Å²) < 4.78 is 22.2. The van der Waals surface area contributed by atoms with Gasteiger partial charge in [-0.2, -0.15) is 0 Å². The maximum Gasteiger partial charge on any atom is 0.312 e. The molecule has 0 radical (unpaired) electrons. The minimum atomic E-state index is -0.325. The highest BCUT2D eigenvalue weighted by Crippen LogP contribution is 2.49. The van der Waals surface area contributed by atoms with Crippen molar-refractivity contribution in [1.82, 2.24) is 0 Å². The molecule has 6 nitrogen and oxygen atoms in total. The Balaban J connectivity index is 1.60. The summed E-state index contributed by atoms with van der Waals surface area (Å²) >= 11 is 0. The number of fused-ring (bicyclic) bond motifs is 3. The van der Waals surface area contributed by atoms with Crippen LogP contribution in [0.25, 0.3) is 6.08 Å². The standard InChI is InChI=1S/C24H18O6/c1-13-3-6-16(28-13)11-20-23(26)17-9-10-19-22(24(17)30-20)18(12-21(25)29-19)14-4-7-15(27-2)8-5-14/h3-11,18H,12H2,1-2H3/b20-11-. The van der Waals surface area contributed by atoms with Gasteiger partial charge in [-0.3, -0.25) is 9.59 Å². The van der Waals surface area contributed by atoms with Gasteiger partial charge in [0.1, 0.15) is 28.8 Å². The molecule has 3 heterocycles. The summed E-state index contributed by atoms with van der Waals surface area (Å²) in [6, 6.07) is 14.4. The predicted octanol–water partition coefficient (Wildman–Crippen LogP) is 4.65. The number of methoxy groups -OCH3 is 1. The number of rotatable bonds is 3. The average molecular weight is 402 g/mol. The number of esters is 1. The zero-order valence-electron chi connectivity index (χ0n) is 16.4. The van der Waals surface area contributed by atoms with Crippen molar-refractivity contribution in [3.63, 3.8) is 0 Å². The Bertz CT molecular complexity index is 1200. The fourth-order valence-electron chi connectivity index (χ4n) is 3.89. The van der Waals surface area contributed by atoms with Gasteiger partial charge in [-0.1, -0.05) is 12.1 Å². The molecule has 1 aromatic heterocycles. The van der Waals surface area contributed by atoms with Gasteiger partial charge in [-0.25, -0.2) is 0 Å². The second-order valence-electron chi connectivity index (χ2n) is 7.25. The Morgan fingerprint density at radius 1 is 1.00 bits per heavy atom. The average Bonchev–Trinajstić information content (AvgIpc) is 3.30. The van der Waals surface area contributed by atoms with Crippen LogP contribution in [-0.4, -0.2) is 18.9 Å². The first-order valence-electron chi connectivity index (χ1n) is 9.55. The van der Waals surface area contributed by atoms with Crippen LogP contribution in [0.15, 0.2) is 58.7 Å². The molecule has 2 aliphatic heterocycles. The van der Waals surface area contributed by atoms with Gasteiger partial charge in [-0.15, -0.1) is 0 Å². The summed E-state index contributed by atoms with van der Waals surface area (Å²) in [5.74, 6) is 2.18. The fourth-order valence-corrected chi connectivity index (χ4v) is 3.89. The molecule has 0 N–H and O–H groups in total. The van der Waals surface area contributed by atoms with Crippen LogP contribution in [0.5, 0.6) is 17.2 Å². The molecular weight excluding hydrogens is 384 g/mol. The molecule has 0 saturated carbocycles. The number of aryl methyl sites for hydroxylation is 1.